The summed E-state index contributed by atoms with van der Waals surface area (Å²) >= 11 is 3.57. The molecule has 266 valence electrons. The zero-order valence-corrected chi connectivity index (χ0v) is 31.8. The van der Waals surface area contributed by atoms with Crippen molar-refractivity contribution >= 4 is 84.9 Å². The van der Waals surface area contributed by atoms with Gasteiger partial charge in [0.15, 0.2) is 23.1 Å². The Morgan fingerprint density at radius 1 is 0.368 bits per heavy atom. The largest absolute Gasteiger partial charge is 0.436 e. The van der Waals surface area contributed by atoms with Crippen LogP contribution in [0.25, 0.3) is 119 Å². The summed E-state index contributed by atoms with van der Waals surface area (Å²) in [6.07, 6.45) is 0. The molecule has 4 heterocycles. The van der Waals surface area contributed by atoms with Crippen LogP contribution in [0.3, 0.4) is 0 Å². The van der Waals surface area contributed by atoms with E-state index in [1.54, 1.807) is 22.7 Å². The van der Waals surface area contributed by atoms with Gasteiger partial charge in [-0.1, -0.05) is 121 Å². The van der Waals surface area contributed by atoms with Gasteiger partial charge in [0.2, 0.25) is 5.89 Å². The Morgan fingerprint density at radius 3 is 1.82 bits per heavy atom. The number of hydrogen-bond donors (Lipinski definition) is 0. The van der Waals surface area contributed by atoms with Crippen LogP contribution in [0, 0.1) is 0 Å². The van der Waals surface area contributed by atoms with Gasteiger partial charge < -0.3 is 4.42 Å². The maximum absolute atomic E-state index is 6.35. The minimum Gasteiger partial charge on any atom is -0.436 e. The van der Waals surface area contributed by atoms with Crippen molar-refractivity contribution in [3.63, 3.8) is 0 Å². The molecule has 7 heteroatoms. The lowest BCUT2D eigenvalue weighted by Gasteiger charge is -2.12. The van der Waals surface area contributed by atoms with Crippen molar-refractivity contribution in [2.45, 2.75) is 0 Å². The highest BCUT2D eigenvalue weighted by atomic mass is 32.1. The monoisotopic (exact) mass is 764 g/mol. The van der Waals surface area contributed by atoms with Crippen LogP contribution in [-0.4, -0.2) is 19.9 Å². The summed E-state index contributed by atoms with van der Waals surface area (Å²) in [6.45, 7) is 0. The molecule has 0 radical (unpaired) electrons. The van der Waals surface area contributed by atoms with Crippen molar-refractivity contribution in [2.24, 2.45) is 0 Å². The second-order valence-corrected chi connectivity index (χ2v) is 16.3. The average molecular weight is 765 g/mol. The molecule has 57 heavy (non-hydrogen) atoms. The lowest BCUT2D eigenvalue weighted by Crippen LogP contribution is -2.01. The normalized spacial score (nSPS) is 11.9. The Labute approximate surface area is 334 Å². The third kappa shape index (κ3) is 5.28. The number of aromatic nitrogens is 4. The van der Waals surface area contributed by atoms with Gasteiger partial charge in [-0.15, -0.1) is 22.7 Å². The highest BCUT2D eigenvalue weighted by Gasteiger charge is 2.20. The van der Waals surface area contributed by atoms with Crippen molar-refractivity contribution in [3.8, 4) is 56.7 Å². The van der Waals surface area contributed by atoms with Gasteiger partial charge in [-0.25, -0.2) is 19.9 Å². The highest BCUT2D eigenvalue weighted by molar-refractivity contribution is 7.26. The first-order valence-electron chi connectivity index (χ1n) is 18.8. The van der Waals surface area contributed by atoms with Gasteiger partial charge in [0.25, 0.3) is 0 Å². The summed E-state index contributed by atoms with van der Waals surface area (Å²) in [4.78, 5) is 20.8. The van der Waals surface area contributed by atoms with Crippen molar-refractivity contribution in [3.05, 3.63) is 170 Å². The third-order valence-corrected chi connectivity index (χ3v) is 13.0. The predicted molar refractivity (Wildman–Crippen MR) is 238 cm³/mol. The summed E-state index contributed by atoms with van der Waals surface area (Å²) in [7, 11) is 0. The first-order valence-corrected chi connectivity index (χ1v) is 20.4. The molecule has 0 bridgehead atoms. The van der Waals surface area contributed by atoms with Crippen LogP contribution in [0.15, 0.2) is 174 Å². The van der Waals surface area contributed by atoms with E-state index >= 15 is 0 Å². The molecule has 0 fully saturated rings. The molecule has 0 N–H and O–H groups in total. The standard InChI is InChI=1S/C50H28N4OS2/c1-3-11-29(12-4-1)34-15-7-8-17-37(34)49-53-47(52-48(54-49)33-21-23-36-35-16-9-10-18-40(35)56-43(36)28-33)32-20-19-30-22-25-41-44(38(30)27-32)45-42(57-41)26-24-39-46(45)51-50(55-39)31-13-5-2-6-14-31/h1-28H. The average Bonchev–Trinajstić information content (AvgIpc) is 4.00. The van der Waals surface area contributed by atoms with Crippen LogP contribution < -0.4 is 0 Å². The van der Waals surface area contributed by atoms with Gasteiger partial charge in [-0.3, -0.25) is 0 Å². The SMILES string of the molecule is c1ccc(-c2nc3c(ccc4sc5ccc6ccc(-c7nc(-c8ccc9c(c8)sc8ccccc89)nc(-c8ccccc8-c8ccccc8)n7)cc6c5c43)o2)cc1. The molecule has 0 aliphatic carbocycles. The number of nitrogens with zero attached hydrogens (tertiary/aromatic N) is 4. The van der Waals surface area contributed by atoms with Crippen LogP contribution in [-0.2, 0) is 0 Å². The molecule has 0 saturated heterocycles. The summed E-state index contributed by atoms with van der Waals surface area (Å²) < 4.78 is 11.2. The van der Waals surface area contributed by atoms with Crippen molar-refractivity contribution in [2.75, 3.05) is 0 Å². The minimum absolute atomic E-state index is 0.616. The van der Waals surface area contributed by atoms with Crippen LogP contribution in [0.1, 0.15) is 0 Å². The zero-order chi connectivity index (χ0) is 37.5. The third-order valence-electron chi connectivity index (χ3n) is 10.8. The fourth-order valence-electron chi connectivity index (χ4n) is 8.07. The number of oxazole rings is 1. The molecule has 0 unspecified atom stereocenters. The van der Waals surface area contributed by atoms with Gasteiger partial charge in [0, 0.05) is 62.6 Å². The Balaban J connectivity index is 1.09. The molecule has 8 aromatic carbocycles. The number of thiophene rings is 2. The quantitative estimate of drug-likeness (QED) is 0.175. The summed E-state index contributed by atoms with van der Waals surface area (Å²) in [5.74, 6) is 2.50. The first-order chi connectivity index (χ1) is 28.2. The molecule has 0 atom stereocenters. The molecule has 0 aliphatic heterocycles. The van der Waals surface area contributed by atoms with Crippen LogP contribution in [0.2, 0.25) is 0 Å². The topological polar surface area (TPSA) is 64.7 Å². The van der Waals surface area contributed by atoms with E-state index in [4.69, 9.17) is 24.4 Å². The van der Waals surface area contributed by atoms with E-state index in [1.807, 2.05) is 42.5 Å². The minimum atomic E-state index is 0.616. The molecular formula is C50H28N4OS2. The number of fused-ring (bicyclic) bond motifs is 10. The second-order valence-electron chi connectivity index (χ2n) is 14.2. The van der Waals surface area contributed by atoms with Gasteiger partial charge in [-0.05, 0) is 70.4 Å². The molecule has 12 rings (SSSR count). The molecule has 0 aliphatic rings. The van der Waals surface area contributed by atoms with E-state index in [-0.39, 0.29) is 0 Å². The lowest BCUT2D eigenvalue weighted by atomic mass is 9.99. The highest BCUT2D eigenvalue weighted by Crippen LogP contribution is 2.44. The predicted octanol–water partition coefficient (Wildman–Crippen LogP) is 14.2. The Bertz CT molecular complexity index is 3530. The zero-order valence-electron chi connectivity index (χ0n) is 30.2. The number of benzene rings is 8. The van der Waals surface area contributed by atoms with E-state index < -0.39 is 0 Å². The maximum Gasteiger partial charge on any atom is 0.227 e. The summed E-state index contributed by atoms with van der Waals surface area (Å²) in [5, 5.41) is 7.02. The van der Waals surface area contributed by atoms with Crippen molar-refractivity contribution < 1.29 is 4.42 Å². The van der Waals surface area contributed by atoms with Gasteiger partial charge in [0.05, 0.1) is 0 Å². The number of rotatable bonds is 5. The fraction of sp³-hybridized carbons (Fsp3) is 0. The lowest BCUT2D eigenvalue weighted by molar-refractivity contribution is 0.620. The van der Waals surface area contributed by atoms with Gasteiger partial charge >= 0.3 is 0 Å². The van der Waals surface area contributed by atoms with E-state index in [0.29, 0.717) is 23.4 Å². The first kappa shape index (κ1) is 32.2. The molecule has 0 saturated carbocycles. The smallest absolute Gasteiger partial charge is 0.227 e. The Kier molecular flexibility index (Phi) is 7.20. The van der Waals surface area contributed by atoms with Crippen LogP contribution >= 0.6 is 22.7 Å². The molecule has 12 aromatic rings. The van der Waals surface area contributed by atoms with Crippen molar-refractivity contribution in [1.82, 2.24) is 19.9 Å². The van der Waals surface area contributed by atoms with E-state index in [0.717, 1.165) is 66.0 Å². The molecule has 5 nitrogen and oxygen atoms in total. The molecule has 4 aromatic heterocycles. The summed E-state index contributed by atoms with van der Waals surface area (Å²) in [6, 6.07) is 59.2. The molecular weight excluding hydrogens is 737 g/mol. The van der Waals surface area contributed by atoms with E-state index in [9.17, 15) is 0 Å². The second kappa shape index (κ2) is 12.7. The van der Waals surface area contributed by atoms with Crippen LogP contribution in [0.4, 0.5) is 0 Å². The van der Waals surface area contributed by atoms with Crippen LogP contribution in [0.5, 0.6) is 0 Å². The van der Waals surface area contributed by atoms with E-state index in [2.05, 4.69) is 127 Å². The Hall–Kier alpha value is -7.06. The number of hydrogen-bond acceptors (Lipinski definition) is 7. The van der Waals surface area contributed by atoms with Gasteiger partial charge in [0.1, 0.15) is 5.52 Å². The fourth-order valence-corrected chi connectivity index (χ4v) is 10.3. The van der Waals surface area contributed by atoms with Crippen molar-refractivity contribution in [1.29, 1.82) is 0 Å². The summed E-state index contributed by atoms with van der Waals surface area (Å²) in [5.41, 5.74) is 7.58. The molecule has 0 amide bonds. The Morgan fingerprint density at radius 2 is 0.982 bits per heavy atom. The van der Waals surface area contributed by atoms with Gasteiger partial charge in [-0.2, -0.15) is 0 Å². The maximum atomic E-state index is 6.35. The van der Waals surface area contributed by atoms with E-state index in [1.165, 1.54) is 29.6 Å². The molecule has 0 spiro atoms.